The summed E-state index contributed by atoms with van der Waals surface area (Å²) in [6.07, 6.45) is 0.352. The summed E-state index contributed by atoms with van der Waals surface area (Å²) in [5.74, 6) is 0.538. The fraction of sp³-hybridized carbons (Fsp3) is 0.588. The van der Waals surface area contributed by atoms with Gasteiger partial charge < -0.3 is 22.9 Å². The quantitative estimate of drug-likeness (QED) is 0.568. The molecule has 1 aromatic rings. The molecule has 0 aromatic heterocycles. The molecule has 0 unspecified atom stereocenters. The minimum absolute atomic E-state index is 0.377. The molecule has 6 nitrogen and oxygen atoms in total. The first-order chi connectivity index (χ1) is 11.6. The van der Waals surface area contributed by atoms with Crippen molar-refractivity contribution in [3.63, 3.8) is 0 Å². The second kappa shape index (κ2) is 11.2. The van der Waals surface area contributed by atoms with Crippen molar-refractivity contribution in [2.75, 3.05) is 33.4 Å². The van der Waals surface area contributed by atoms with Crippen LogP contribution in [0.4, 0.5) is 4.79 Å². The zero-order chi connectivity index (χ0) is 17.8. The molecule has 0 N–H and O–H groups in total. The third kappa shape index (κ3) is 7.00. The molecule has 1 rings (SSSR count). The molecule has 0 aliphatic carbocycles. The molecule has 0 bridgehead atoms. The Morgan fingerprint density at radius 3 is 2.04 bits per heavy atom. The molecule has 136 valence electrons. The Morgan fingerprint density at radius 1 is 1.00 bits per heavy atom. The molecule has 0 heterocycles. The summed E-state index contributed by atoms with van der Waals surface area (Å²) in [6, 6.07) is 9.71. The second-order valence-electron chi connectivity index (χ2n) is 5.19. The van der Waals surface area contributed by atoms with E-state index in [0.29, 0.717) is 38.2 Å². The third-order valence-corrected chi connectivity index (χ3v) is 6.48. The van der Waals surface area contributed by atoms with Gasteiger partial charge >= 0.3 is 14.9 Å². The lowest BCUT2D eigenvalue weighted by molar-refractivity contribution is 0.0700. The van der Waals surface area contributed by atoms with Crippen molar-refractivity contribution in [1.82, 2.24) is 4.90 Å². The molecule has 0 saturated heterocycles. The minimum Gasteiger partial charge on any atom is -0.410 e. The van der Waals surface area contributed by atoms with Crippen molar-refractivity contribution in [3.05, 3.63) is 30.3 Å². The smallest absolute Gasteiger partial charge is 0.410 e. The predicted molar refractivity (Wildman–Crippen MR) is 95.2 cm³/mol. The highest BCUT2D eigenvalue weighted by molar-refractivity contribution is 6.60. The zero-order valence-corrected chi connectivity index (χ0v) is 16.1. The molecule has 0 radical (unpaired) electrons. The fourth-order valence-corrected chi connectivity index (χ4v) is 4.89. The minimum atomic E-state index is -2.65. The third-order valence-electron chi connectivity index (χ3n) is 3.33. The number of rotatable bonds is 11. The molecule has 0 fully saturated rings. The van der Waals surface area contributed by atoms with Crippen LogP contribution >= 0.6 is 0 Å². The fourth-order valence-electron chi connectivity index (χ4n) is 2.29. The van der Waals surface area contributed by atoms with Crippen molar-refractivity contribution in [3.8, 4) is 5.75 Å². The maximum Gasteiger partial charge on any atom is 0.500 e. The van der Waals surface area contributed by atoms with Gasteiger partial charge in [0.05, 0.1) is 0 Å². The van der Waals surface area contributed by atoms with Gasteiger partial charge in [0, 0.05) is 39.5 Å². The summed E-state index contributed by atoms with van der Waals surface area (Å²) in [6.45, 7) is 8.01. The first-order valence-electron chi connectivity index (χ1n) is 8.46. The zero-order valence-electron chi connectivity index (χ0n) is 15.1. The molecule has 1 amide bonds. The second-order valence-corrected chi connectivity index (χ2v) is 7.92. The van der Waals surface area contributed by atoms with Gasteiger partial charge in [-0.3, -0.25) is 0 Å². The standard InChI is InChI=1S/C17H29NO5Si/c1-5-20-24(21-6-2,22-7-3)15-11-14-18(4)17(19)23-16-12-9-8-10-13-16/h8-10,12-13H,5-7,11,14-15H2,1-4H3. The first-order valence-corrected chi connectivity index (χ1v) is 10.4. The Kier molecular flexibility index (Phi) is 9.62. The number of carbonyl (C=O) groups is 1. The molecule has 1 aromatic carbocycles. The summed E-state index contributed by atoms with van der Waals surface area (Å²) in [7, 11) is -0.931. The van der Waals surface area contributed by atoms with Gasteiger partial charge in [-0.1, -0.05) is 18.2 Å². The Bertz CT molecular complexity index is 454. The lowest BCUT2D eigenvalue weighted by Gasteiger charge is -2.29. The number of para-hydroxylation sites is 1. The van der Waals surface area contributed by atoms with Gasteiger partial charge in [-0.25, -0.2) is 4.79 Å². The largest absolute Gasteiger partial charge is 0.500 e. The predicted octanol–water partition coefficient (Wildman–Crippen LogP) is 3.56. The maximum atomic E-state index is 12.1. The molecule has 0 atom stereocenters. The van der Waals surface area contributed by atoms with Crippen molar-refractivity contribution in [2.24, 2.45) is 0 Å². The van der Waals surface area contributed by atoms with E-state index in [9.17, 15) is 4.79 Å². The van der Waals surface area contributed by atoms with E-state index in [1.165, 1.54) is 0 Å². The van der Waals surface area contributed by atoms with Crippen LogP contribution in [0.5, 0.6) is 5.75 Å². The number of benzene rings is 1. The Morgan fingerprint density at radius 2 is 1.54 bits per heavy atom. The summed E-state index contributed by atoms with van der Waals surface area (Å²) in [5, 5.41) is 0. The monoisotopic (exact) mass is 355 g/mol. The van der Waals surface area contributed by atoms with E-state index in [0.717, 1.165) is 6.42 Å². The maximum absolute atomic E-state index is 12.1. The van der Waals surface area contributed by atoms with E-state index >= 15 is 0 Å². The van der Waals surface area contributed by atoms with Gasteiger partial charge in [0.1, 0.15) is 5.75 Å². The van der Waals surface area contributed by atoms with Crippen LogP contribution in [0, 0.1) is 0 Å². The Balaban J connectivity index is 2.48. The van der Waals surface area contributed by atoms with E-state index in [1.807, 2.05) is 39.0 Å². The molecule has 0 aliphatic heterocycles. The lowest BCUT2D eigenvalue weighted by Crippen LogP contribution is -2.46. The highest BCUT2D eigenvalue weighted by Gasteiger charge is 2.39. The molecular formula is C17H29NO5Si. The average Bonchev–Trinajstić information content (AvgIpc) is 2.56. The topological polar surface area (TPSA) is 57.2 Å². The summed E-state index contributed by atoms with van der Waals surface area (Å²) < 4.78 is 22.7. The van der Waals surface area contributed by atoms with Gasteiger partial charge in [0.15, 0.2) is 0 Å². The highest BCUT2D eigenvalue weighted by Crippen LogP contribution is 2.18. The van der Waals surface area contributed by atoms with E-state index in [-0.39, 0.29) is 6.09 Å². The number of ether oxygens (including phenoxy) is 1. The van der Waals surface area contributed by atoms with Crippen molar-refractivity contribution in [2.45, 2.75) is 33.2 Å². The number of nitrogens with zero attached hydrogens (tertiary/aromatic N) is 1. The van der Waals surface area contributed by atoms with E-state index in [2.05, 4.69) is 0 Å². The van der Waals surface area contributed by atoms with Crippen LogP contribution in [-0.2, 0) is 13.3 Å². The van der Waals surface area contributed by atoms with Crippen LogP contribution in [0.15, 0.2) is 30.3 Å². The lowest BCUT2D eigenvalue weighted by atomic mass is 10.3. The Labute approximate surface area is 146 Å². The summed E-state index contributed by atoms with van der Waals surface area (Å²) in [4.78, 5) is 13.6. The van der Waals surface area contributed by atoms with Gasteiger partial charge in [-0.05, 0) is 39.3 Å². The van der Waals surface area contributed by atoms with E-state index < -0.39 is 8.80 Å². The first kappa shape index (κ1) is 20.6. The highest BCUT2D eigenvalue weighted by atomic mass is 28.4. The van der Waals surface area contributed by atoms with Crippen LogP contribution in [0.1, 0.15) is 27.2 Å². The number of hydrogen-bond donors (Lipinski definition) is 0. The van der Waals surface area contributed by atoms with Crippen LogP contribution < -0.4 is 4.74 Å². The average molecular weight is 356 g/mol. The molecule has 24 heavy (non-hydrogen) atoms. The molecular weight excluding hydrogens is 326 g/mol. The molecule has 0 saturated carbocycles. The van der Waals surface area contributed by atoms with Crippen molar-refractivity contribution >= 4 is 14.9 Å². The molecule has 0 spiro atoms. The normalized spacial score (nSPS) is 11.3. The van der Waals surface area contributed by atoms with Crippen molar-refractivity contribution < 1.29 is 22.8 Å². The summed E-state index contributed by atoms with van der Waals surface area (Å²) >= 11 is 0. The number of hydrogen-bond acceptors (Lipinski definition) is 5. The van der Waals surface area contributed by atoms with Crippen LogP contribution in [-0.4, -0.2) is 53.2 Å². The van der Waals surface area contributed by atoms with Crippen LogP contribution in [0.2, 0.25) is 6.04 Å². The van der Waals surface area contributed by atoms with Gasteiger partial charge in [0.25, 0.3) is 0 Å². The Hall–Kier alpha value is -1.41. The van der Waals surface area contributed by atoms with Gasteiger partial charge in [-0.15, -0.1) is 0 Å². The van der Waals surface area contributed by atoms with E-state index in [4.69, 9.17) is 18.0 Å². The van der Waals surface area contributed by atoms with Gasteiger partial charge in [-0.2, -0.15) is 0 Å². The van der Waals surface area contributed by atoms with Gasteiger partial charge in [0.2, 0.25) is 0 Å². The number of amides is 1. The summed E-state index contributed by atoms with van der Waals surface area (Å²) in [5.41, 5.74) is 0. The van der Waals surface area contributed by atoms with Crippen LogP contribution in [0.25, 0.3) is 0 Å². The van der Waals surface area contributed by atoms with Crippen LogP contribution in [0.3, 0.4) is 0 Å². The molecule has 7 heteroatoms. The molecule has 0 aliphatic rings. The van der Waals surface area contributed by atoms with E-state index in [1.54, 1.807) is 24.1 Å². The number of carbonyl (C=O) groups excluding carboxylic acids is 1. The SMILES string of the molecule is CCO[Si](CCCN(C)C(=O)Oc1ccccc1)(OCC)OCC. The van der Waals surface area contributed by atoms with Crippen molar-refractivity contribution in [1.29, 1.82) is 0 Å².